The molecule has 1 atom stereocenters. The van der Waals surface area contributed by atoms with Crippen molar-refractivity contribution in [1.82, 2.24) is 10.2 Å². The number of halogens is 1. The minimum absolute atomic E-state index is 0.345. The van der Waals surface area contributed by atoms with E-state index in [1.807, 2.05) is 31.2 Å². The van der Waals surface area contributed by atoms with Crippen molar-refractivity contribution in [2.45, 2.75) is 78.2 Å². The van der Waals surface area contributed by atoms with Crippen LogP contribution >= 0.6 is 11.6 Å². The molecular formula is C34H46ClN3O. The molecule has 1 aliphatic heterocycles. The van der Waals surface area contributed by atoms with Crippen LogP contribution in [0, 0.1) is 18.8 Å². The minimum Gasteiger partial charge on any atom is -0.382 e. The summed E-state index contributed by atoms with van der Waals surface area (Å²) in [6.07, 6.45) is 11.5. The molecule has 0 spiro atoms. The van der Waals surface area contributed by atoms with Crippen molar-refractivity contribution in [3.05, 3.63) is 94.4 Å². The normalized spacial score (nSPS) is 18.5. The highest BCUT2D eigenvalue weighted by atomic mass is 35.5. The van der Waals surface area contributed by atoms with Gasteiger partial charge in [0.05, 0.1) is 11.8 Å². The molecule has 0 amide bonds. The molecule has 1 unspecified atom stereocenters. The fourth-order valence-electron chi connectivity index (χ4n) is 5.62. The van der Waals surface area contributed by atoms with Crippen LogP contribution in [0.25, 0.3) is 0 Å². The van der Waals surface area contributed by atoms with Crippen LogP contribution in [0.15, 0.2) is 77.8 Å². The summed E-state index contributed by atoms with van der Waals surface area (Å²) in [6, 6.07) is 17.2. The summed E-state index contributed by atoms with van der Waals surface area (Å²) >= 11 is 5.99. The molecule has 1 saturated heterocycles. The van der Waals surface area contributed by atoms with E-state index in [1.54, 1.807) is 0 Å². The number of hydrogen-bond acceptors (Lipinski definition) is 4. The van der Waals surface area contributed by atoms with E-state index in [0.717, 1.165) is 74.1 Å². The average Bonchev–Trinajstić information content (AvgIpc) is 2.90. The highest BCUT2D eigenvalue weighted by Crippen LogP contribution is 2.34. The van der Waals surface area contributed by atoms with E-state index in [1.165, 1.54) is 41.6 Å². The van der Waals surface area contributed by atoms with Gasteiger partial charge in [0.15, 0.2) is 0 Å². The van der Waals surface area contributed by atoms with E-state index in [4.69, 9.17) is 16.4 Å². The summed E-state index contributed by atoms with van der Waals surface area (Å²) in [6.45, 7) is 13.9. The fraction of sp³-hybridized carbons (Fsp3) is 0.500. The first kappa shape index (κ1) is 29.4. The second kappa shape index (κ2) is 14.7. The quantitative estimate of drug-likeness (QED) is 0.155. The van der Waals surface area contributed by atoms with Crippen LogP contribution in [0.5, 0.6) is 0 Å². The number of rotatable bonds is 13. The van der Waals surface area contributed by atoms with Gasteiger partial charge in [-0.25, -0.2) is 0 Å². The van der Waals surface area contributed by atoms with Gasteiger partial charge in [-0.2, -0.15) is 0 Å². The molecule has 4 rings (SSSR count). The maximum atomic E-state index is 5.99. The maximum absolute atomic E-state index is 5.99. The predicted molar refractivity (Wildman–Crippen MR) is 165 cm³/mol. The number of nitrogens with zero attached hydrogens (tertiary/aromatic N) is 2. The van der Waals surface area contributed by atoms with Gasteiger partial charge in [0.2, 0.25) is 0 Å². The molecule has 1 saturated carbocycles. The topological polar surface area (TPSA) is 36.9 Å². The Bertz CT molecular complexity index is 1130. The molecule has 0 radical (unpaired) electrons. The van der Waals surface area contributed by atoms with E-state index >= 15 is 0 Å². The van der Waals surface area contributed by atoms with Crippen molar-refractivity contribution in [2.75, 3.05) is 19.6 Å². The molecule has 2 aromatic rings. The smallest absolute Gasteiger partial charge is 0.131 e. The Morgan fingerprint density at radius 1 is 1.13 bits per heavy atom. The molecule has 2 aromatic carbocycles. The number of nitrogens with one attached hydrogen (secondary N) is 1. The van der Waals surface area contributed by atoms with Crippen LogP contribution in [-0.4, -0.2) is 30.2 Å². The molecule has 5 heteroatoms. The van der Waals surface area contributed by atoms with Gasteiger partial charge in [-0.15, -0.1) is 0 Å². The third-order valence-electron chi connectivity index (χ3n) is 8.22. The molecule has 1 aliphatic carbocycles. The van der Waals surface area contributed by atoms with Gasteiger partial charge in [-0.3, -0.25) is 0 Å². The molecule has 1 heterocycles. The summed E-state index contributed by atoms with van der Waals surface area (Å²) in [5, 5.41) is 9.10. The number of allylic oxidation sites excluding steroid dienone is 3. The van der Waals surface area contributed by atoms with E-state index in [-0.39, 0.29) is 0 Å². The standard InChI is InChI=1S/C34H46ClN3O/c1-5-8-33(30-10-7-11-30)36-34(31-12-6-9-25(2)23-31)19-22-38-20-17-29(18-21-38)27(4)39-37-26(3)24-28-13-15-32(35)16-14-28/h6,8-9,12-16,23,29-30,34,36H,4-5,7,10-11,17-22,24H2,1-3H3/b33-8+,37-26+. The summed E-state index contributed by atoms with van der Waals surface area (Å²) in [5.74, 6) is 1.87. The van der Waals surface area contributed by atoms with E-state index in [0.29, 0.717) is 12.0 Å². The Morgan fingerprint density at radius 2 is 1.87 bits per heavy atom. The number of likely N-dealkylation sites (tertiary alicyclic amines) is 1. The average molecular weight is 548 g/mol. The molecule has 1 N–H and O–H groups in total. The van der Waals surface area contributed by atoms with Crippen molar-refractivity contribution in [2.24, 2.45) is 17.0 Å². The van der Waals surface area contributed by atoms with Crippen LogP contribution in [0.3, 0.4) is 0 Å². The second-order valence-corrected chi connectivity index (χ2v) is 11.8. The molecule has 0 bridgehead atoms. The van der Waals surface area contributed by atoms with Crippen molar-refractivity contribution in [3.8, 4) is 0 Å². The van der Waals surface area contributed by atoms with Gasteiger partial charge < -0.3 is 15.1 Å². The van der Waals surface area contributed by atoms with Crippen molar-refractivity contribution in [3.63, 3.8) is 0 Å². The number of benzene rings is 2. The van der Waals surface area contributed by atoms with Gasteiger partial charge >= 0.3 is 0 Å². The first-order valence-corrected chi connectivity index (χ1v) is 15.2. The fourth-order valence-corrected chi connectivity index (χ4v) is 5.75. The second-order valence-electron chi connectivity index (χ2n) is 11.4. The summed E-state index contributed by atoms with van der Waals surface area (Å²) in [5.41, 5.74) is 6.30. The summed E-state index contributed by atoms with van der Waals surface area (Å²) < 4.78 is 0. The van der Waals surface area contributed by atoms with Gasteiger partial charge in [-0.05, 0) is 94.6 Å². The van der Waals surface area contributed by atoms with Gasteiger partial charge in [0, 0.05) is 29.6 Å². The Hall–Kier alpha value is -2.56. The Kier molecular flexibility index (Phi) is 11.1. The van der Waals surface area contributed by atoms with E-state index in [2.05, 4.69) is 66.1 Å². The zero-order valence-corrected chi connectivity index (χ0v) is 24.9. The zero-order chi connectivity index (χ0) is 27.6. The highest BCUT2D eigenvalue weighted by Gasteiger charge is 2.26. The molecule has 0 aromatic heterocycles. The van der Waals surface area contributed by atoms with Crippen LogP contribution < -0.4 is 5.32 Å². The minimum atomic E-state index is 0.345. The van der Waals surface area contributed by atoms with Crippen LogP contribution in [0.2, 0.25) is 5.02 Å². The van der Waals surface area contributed by atoms with E-state index in [9.17, 15) is 0 Å². The first-order valence-electron chi connectivity index (χ1n) is 14.8. The Morgan fingerprint density at radius 3 is 2.51 bits per heavy atom. The van der Waals surface area contributed by atoms with Crippen molar-refractivity contribution >= 4 is 17.3 Å². The van der Waals surface area contributed by atoms with Crippen molar-refractivity contribution in [1.29, 1.82) is 0 Å². The Labute approximate surface area is 241 Å². The lowest BCUT2D eigenvalue weighted by atomic mass is 9.82. The predicted octanol–water partition coefficient (Wildman–Crippen LogP) is 8.62. The van der Waals surface area contributed by atoms with Crippen molar-refractivity contribution < 1.29 is 4.84 Å². The lowest BCUT2D eigenvalue weighted by molar-refractivity contribution is 0.131. The van der Waals surface area contributed by atoms with Gasteiger partial charge in [0.25, 0.3) is 0 Å². The third-order valence-corrected chi connectivity index (χ3v) is 8.48. The van der Waals surface area contributed by atoms with Crippen LogP contribution in [-0.2, 0) is 11.3 Å². The molecule has 2 fully saturated rings. The molecule has 39 heavy (non-hydrogen) atoms. The van der Waals surface area contributed by atoms with E-state index < -0.39 is 0 Å². The molecule has 2 aliphatic rings. The summed E-state index contributed by atoms with van der Waals surface area (Å²) in [4.78, 5) is 8.39. The largest absolute Gasteiger partial charge is 0.382 e. The Balaban J connectivity index is 1.27. The number of hydrogen-bond donors (Lipinski definition) is 1. The molecule has 210 valence electrons. The zero-order valence-electron chi connectivity index (χ0n) is 24.1. The van der Waals surface area contributed by atoms with Gasteiger partial charge in [-0.1, -0.05) is 84.7 Å². The SMILES string of the molecule is C=C(O/N=C(\C)Cc1ccc(Cl)cc1)C1CCN(CCC(N/C(=C/CC)C2CCC2)c2cccc(C)c2)CC1. The lowest BCUT2D eigenvalue weighted by Gasteiger charge is -2.35. The third kappa shape index (κ3) is 8.98. The van der Waals surface area contributed by atoms with Crippen LogP contribution in [0.4, 0.5) is 0 Å². The van der Waals surface area contributed by atoms with Gasteiger partial charge in [0.1, 0.15) is 5.76 Å². The first-order chi connectivity index (χ1) is 18.9. The number of aryl methyl sites for hydroxylation is 1. The molecule has 4 nitrogen and oxygen atoms in total. The monoisotopic (exact) mass is 547 g/mol. The highest BCUT2D eigenvalue weighted by molar-refractivity contribution is 6.30. The summed E-state index contributed by atoms with van der Waals surface area (Å²) in [7, 11) is 0. The number of oxime groups is 1. The number of piperidine rings is 1. The lowest BCUT2D eigenvalue weighted by Crippen LogP contribution is -2.37. The maximum Gasteiger partial charge on any atom is 0.131 e. The van der Waals surface area contributed by atoms with Crippen LogP contribution in [0.1, 0.15) is 81.5 Å². The molecular weight excluding hydrogens is 502 g/mol.